The predicted molar refractivity (Wildman–Crippen MR) is 90.5 cm³/mol. The monoisotopic (exact) mass is 359 g/mol. The van der Waals surface area contributed by atoms with E-state index in [1.807, 2.05) is 20.8 Å². The van der Waals surface area contributed by atoms with E-state index in [0.29, 0.717) is 0 Å². The van der Waals surface area contributed by atoms with E-state index < -0.39 is 19.9 Å². The van der Waals surface area contributed by atoms with Gasteiger partial charge in [-0.2, -0.15) is 4.31 Å². The van der Waals surface area contributed by atoms with E-state index in [1.54, 1.807) is 11.2 Å². The smallest absolute Gasteiger partial charge is 0.224 e. The zero-order valence-electron chi connectivity index (χ0n) is 14.1. The minimum absolute atomic E-state index is 0.00230. The summed E-state index contributed by atoms with van der Waals surface area (Å²) in [7, 11) is -6.94. The maximum Gasteiger partial charge on any atom is 0.243 e. The summed E-state index contributed by atoms with van der Waals surface area (Å²) < 4.78 is 51.2. The Kier molecular flexibility index (Phi) is 5.23. The van der Waals surface area contributed by atoms with Crippen molar-refractivity contribution < 1.29 is 16.8 Å². The van der Waals surface area contributed by atoms with Crippen molar-refractivity contribution in [3.05, 3.63) is 24.3 Å². The highest BCUT2D eigenvalue weighted by Gasteiger charge is 2.41. The zero-order chi connectivity index (χ0) is 17.4. The molecule has 1 unspecified atom stereocenters. The molecule has 1 atom stereocenters. The molecule has 0 saturated heterocycles. The average molecular weight is 360 g/mol. The van der Waals surface area contributed by atoms with Crippen LogP contribution in [0.1, 0.15) is 40.5 Å². The van der Waals surface area contributed by atoms with Gasteiger partial charge in [0.2, 0.25) is 10.0 Å². The van der Waals surface area contributed by atoms with E-state index in [1.165, 1.54) is 24.3 Å². The number of sulfone groups is 1. The Labute approximate surface area is 139 Å². The highest BCUT2D eigenvalue weighted by Crippen LogP contribution is 2.35. The van der Waals surface area contributed by atoms with Gasteiger partial charge in [-0.3, -0.25) is 0 Å². The van der Waals surface area contributed by atoms with Crippen LogP contribution in [0.5, 0.6) is 0 Å². The van der Waals surface area contributed by atoms with Gasteiger partial charge in [0, 0.05) is 12.1 Å². The van der Waals surface area contributed by atoms with Gasteiger partial charge in [0.1, 0.15) is 0 Å². The summed E-state index contributed by atoms with van der Waals surface area (Å²) in [6.45, 7) is 7.51. The van der Waals surface area contributed by atoms with Crippen molar-refractivity contribution in [1.82, 2.24) is 4.31 Å². The third-order valence-electron chi connectivity index (χ3n) is 4.41. The molecule has 5 nitrogen and oxygen atoms in total. The molecule has 0 bridgehead atoms. The van der Waals surface area contributed by atoms with Gasteiger partial charge in [-0.15, -0.1) is 0 Å². The Hall–Kier alpha value is -0.920. The second kappa shape index (κ2) is 6.53. The van der Waals surface area contributed by atoms with E-state index in [4.69, 9.17) is 0 Å². The Bertz CT molecular complexity index is 748. The molecule has 0 N–H and O–H groups in total. The molecule has 0 aliphatic heterocycles. The molecule has 0 aromatic heterocycles. The van der Waals surface area contributed by atoms with Crippen molar-refractivity contribution in [3.8, 4) is 0 Å². The van der Waals surface area contributed by atoms with Gasteiger partial charge in [-0.1, -0.05) is 20.8 Å². The predicted octanol–water partition coefficient (Wildman–Crippen LogP) is 2.68. The number of hydrogen-bond acceptors (Lipinski definition) is 4. The fraction of sp³-hybridized carbons (Fsp3) is 0.625. The molecule has 7 heteroatoms. The molecule has 1 fully saturated rings. The first-order valence-electron chi connectivity index (χ1n) is 7.97. The third kappa shape index (κ3) is 3.78. The van der Waals surface area contributed by atoms with E-state index in [9.17, 15) is 16.8 Å². The van der Waals surface area contributed by atoms with E-state index >= 15 is 0 Å². The summed E-state index contributed by atoms with van der Waals surface area (Å²) in [5.41, 5.74) is 0. The fourth-order valence-electron chi connectivity index (χ4n) is 2.48. The fourth-order valence-corrected chi connectivity index (χ4v) is 5.37. The topological polar surface area (TPSA) is 71.5 Å². The minimum Gasteiger partial charge on any atom is -0.224 e. The SMILES string of the molecule is CCS(=O)(=O)c1ccc(S(=O)(=O)N(C2CC2)C(C)C(C)C)cc1. The van der Waals surface area contributed by atoms with Crippen LogP contribution < -0.4 is 0 Å². The second-order valence-corrected chi connectivity index (χ2v) is 10.5. The molecule has 1 aromatic carbocycles. The molecule has 130 valence electrons. The van der Waals surface area contributed by atoms with Gasteiger partial charge >= 0.3 is 0 Å². The minimum atomic E-state index is -3.61. The van der Waals surface area contributed by atoms with Gasteiger partial charge < -0.3 is 0 Å². The Morgan fingerprint density at radius 1 is 1.00 bits per heavy atom. The molecule has 1 aliphatic rings. The highest BCUT2D eigenvalue weighted by atomic mass is 32.2. The lowest BCUT2D eigenvalue weighted by Crippen LogP contribution is -2.42. The molecule has 1 saturated carbocycles. The summed E-state index contributed by atoms with van der Waals surface area (Å²) in [4.78, 5) is 0.320. The Balaban J connectivity index is 2.38. The highest BCUT2D eigenvalue weighted by molar-refractivity contribution is 7.91. The van der Waals surface area contributed by atoms with Gasteiger partial charge in [0.25, 0.3) is 0 Å². The Morgan fingerprint density at radius 2 is 1.48 bits per heavy atom. The largest absolute Gasteiger partial charge is 0.243 e. The summed E-state index contributed by atoms with van der Waals surface area (Å²) in [5.74, 6) is 0.211. The normalized spacial score (nSPS) is 17.7. The van der Waals surface area contributed by atoms with Crippen molar-refractivity contribution in [3.63, 3.8) is 0 Å². The molecular formula is C16H25NO4S2. The lowest BCUT2D eigenvalue weighted by atomic mass is 10.1. The van der Waals surface area contributed by atoms with Gasteiger partial charge in [-0.25, -0.2) is 16.8 Å². The lowest BCUT2D eigenvalue weighted by Gasteiger charge is -2.31. The maximum absolute atomic E-state index is 13.0. The van der Waals surface area contributed by atoms with Crippen molar-refractivity contribution in [2.75, 3.05) is 5.75 Å². The van der Waals surface area contributed by atoms with Crippen LogP contribution in [-0.4, -0.2) is 39.0 Å². The molecule has 23 heavy (non-hydrogen) atoms. The van der Waals surface area contributed by atoms with E-state index in [-0.39, 0.29) is 33.5 Å². The zero-order valence-corrected chi connectivity index (χ0v) is 15.7. The molecule has 0 heterocycles. The van der Waals surface area contributed by atoms with E-state index in [2.05, 4.69) is 0 Å². The molecule has 0 radical (unpaired) electrons. The van der Waals surface area contributed by atoms with Crippen molar-refractivity contribution in [2.24, 2.45) is 5.92 Å². The first kappa shape index (κ1) is 18.4. The Morgan fingerprint density at radius 3 is 1.87 bits per heavy atom. The van der Waals surface area contributed by atoms with Crippen LogP contribution in [0.3, 0.4) is 0 Å². The molecule has 1 aromatic rings. The molecular weight excluding hydrogens is 334 g/mol. The van der Waals surface area contributed by atoms with Crippen LogP contribution in [0.2, 0.25) is 0 Å². The lowest BCUT2D eigenvalue weighted by molar-refractivity contribution is 0.269. The van der Waals surface area contributed by atoms with Crippen molar-refractivity contribution in [1.29, 1.82) is 0 Å². The third-order valence-corrected chi connectivity index (χ3v) is 8.22. The second-order valence-electron chi connectivity index (χ2n) is 6.43. The standard InChI is InChI=1S/C16H25NO4S2/c1-5-22(18,19)15-8-10-16(11-9-15)23(20,21)17(14-6-7-14)13(4)12(2)3/h8-14H,5-7H2,1-4H3. The van der Waals surface area contributed by atoms with Crippen molar-refractivity contribution >= 4 is 19.9 Å². The van der Waals surface area contributed by atoms with Gasteiger partial charge in [0.15, 0.2) is 9.84 Å². The number of sulfonamides is 1. The van der Waals surface area contributed by atoms with Crippen LogP contribution in [0.4, 0.5) is 0 Å². The van der Waals surface area contributed by atoms with Crippen LogP contribution in [0.15, 0.2) is 34.1 Å². The summed E-state index contributed by atoms with van der Waals surface area (Å²) in [5, 5.41) is 0. The first-order valence-corrected chi connectivity index (χ1v) is 11.1. The van der Waals surface area contributed by atoms with Crippen molar-refractivity contribution in [2.45, 2.75) is 62.4 Å². The van der Waals surface area contributed by atoms with Crippen LogP contribution in [0.25, 0.3) is 0 Å². The van der Waals surface area contributed by atoms with Crippen LogP contribution >= 0.6 is 0 Å². The number of rotatable bonds is 7. The summed E-state index contributed by atoms with van der Waals surface area (Å²) in [6.07, 6.45) is 1.77. The van der Waals surface area contributed by atoms with Crippen LogP contribution in [0, 0.1) is 5.92 Å². The maximum atomic E-state index is 13.0. The van der Waals surface area contributed by atoms with Gasteiger partial charge in [0.05, 0.1) is 15.5 Å². The molecule has 0 spiro atoms. The first-order chi connectivity index (χ1) is 10.6. The van der Waals surface area contributed by atoms with Gasteiger partial charge in [-0.05, 0) is 49.9 Å². The summed E-state index contributed by atoms with van der Waals surface area (Å²) >= 11 is 0. The summed E-state index contributed by atoms with van der Waals surface area (Å²) in [6, 6.07) is 5.55. The molecule has 1 aliphatic carbocycles. The molecule has 2 rings (SSSR count). The number of nitrogens with zero attached hydrogens (tertiary/aromatic N) is 1. The van der Waals surface area contributed by atoms with E-state index in [0.717, 1.165) is 12.8 Å². The number of benzene rings is 1. The quantitative estimate of drug-likeness (QED) is 0.750. The average Bonchev–Trinajstić information content (AvgIpc) is 3.31. The molecule has 0 amide bonds. The van der Waals surface area contributed by atoms with Crippen LogP contribution in [-0.2, 0) is 19.9 Å². The number of hydrogen-bond donors (Lipinski definition) is 0.